The number of amides is 1. The predicted octanol–water partition coefficient (Wildman–Crippen LogP) is 3.79. The number of ether oxygens (including phenoxy) is 3. The lowest BCUT2D eigenvalue weighted by atomic mass is 9.95. The molecule has 0 spiro atoms. The molecule has 1 N–H and O–H groups in total. The summed E-state index contributed by atoms with van der Waals surface area (Å²) in [6, 6.07) is 13.4. The Bertz CT molecular complexity index is 1130. The van der Waals surface area contributed by atoms with Gasteiger partial charge in [0.1, 0.15) is 23.9 Å². The van der Waals surface area contributed by atoms with Gasteiger partial charge in [-0.3, -0.25) is 14.5 Å². The summed E-state index contributed by atoms with van der Waals surface area (Å²) >= 11 is 0. The first-order chi connectivity index (χ1) is 17.9. The van der Waals surface area contributed by atoms with Crippen molar-refractivity contribution in [2.45, 2.75) is 26.0 Å². The molecule has 1 atom stereocenters. The molecule has 0 bridgehead atoms. The molecule has 0 unspecified atom stereocenters. The number of hydrogen-bond donors (Lipinski definition) is 1. The quantitative estimate of drug-likeness (QED) is 0.227. The zero-order valence-corrected chi connectivity index (χ0v) is 21.4. The van der Waals surface area contributed by atoms with Gasteiger partial charge in [-0.05, 0) is 55.8 Å². The fourth-order valence-electron chi connectivity index (χ4n) is 4.55. The molecular weight excluding hydrogens is 472 g/mol. The number of Topliss-reactive ketones (excluding diaryl/α,β-unsaturated/α-hetero) is 1. The van der Waals surface area contributed by atoms with Crippen molar-refractivity contribution in [2.24, 2.45) is 0 Å². The van der Waals surface area contributed by atoms with Crippen molar-refractivity contribution in [2.75, 3.05) is 46.0 Å². The predicted molar refractivity (Wildman–Crippen MR) is 141 cm³/mol. The molecule has 1 amide bonds. The number of aliphatic hydroxyl groups excluding tert-OH is 1. The van der Waals surface area contributed by atoms with Crippen molar-refractivity contribution in [1.82, 2.24) is 9.80 Å². The molecule has 8 heteroatoms. The first-order valence-corrected chi connectivity index (χ1v) is 12.6. The van der Waals surface area contributed by atoms with Gasteiger partial charge in [0.15, 0.2) is 0 Å². The van der Waals surface area contributed by atoms with E-state index in [2.05, 4.69) is 11.5 Å². The van der Waals surface area contributed by atoms with Crippen LogP contribution in [0.5, 0.6) is 11.5 Å². The van der Waals surface area contributed by atoms with E-state index in [1.54, 1.807) is 35.2 Å². The van der Waals surface area contributed by atoms with E-state index >= 15 is 0 Å². The molecule has 2 aromatic rings. The number of rotatable bonds is 10. The zero-order valence-electron chi connectivity index (χ0n) is 21.4. The van der Waals surface area contributed by atoms with Crippen molar-refractivity contribution in [1.29, 1.82) is 0 Å². The van der Waals surface area contributed by atoms with Gasteiger partial charge in [-0.25, -0.2) is 0 Å². The van der Waals surface area contributed by atoms with Crippen molar-refractivity contribution in [3.05, 3.63) is 77.9 Å². The average Bonchev–Trinajstić information content (AvgIpc) is 3.16. The maximum Gasteiger partial charge on any atom is 0.295 e. The Balaban J connectivity index is 1.68. The number of carbonyl (C=O) groups excluding carboxylic acids is 2. The Morgan fingerprint density at radius 2 is 1.70 bits per heavy atom. The second-order valence-corrected chi connectivity index (χ2v) is 9.31. The highest BCUT2D eigenvalue weighted by Gasteiger charge is 2.46. The van der Waals surface area contributed by atoms with Crippen LogP contribution >= 0.6 is 0 Å². The topological polar surface area (TPSA) is 88.5 Å². The van der Waals surface area contributed by atoms with Gasteiger partial charge in [-0.1, -0.05) is 24.8 Å². The highest BCUT2D eigenvalue weighted by atomic mass is 16.5. The Morgan fingerprint density at radius 3 is 2.32 bits per heavy atom. The normalized spacial score (nSPS) is 19.9. The third-order valence-electron chi connectivity index (χ3n) is 6.36. The van der Waals surface area contributed by atoms with E-state index in [1.807, 2.05) is 38.1 Å². The number of carbonyl (C=O) groups is 2. The molecule has 2 heterocycles. The second-order valence-electron chi connectivity index (χ2n) is 9.31. The molecular formula is C29H34N2O6. The first kappa shape index (κ1) is 26.4. The van der Waals surface area contributed by atoms with Crippen LogP contribution in [0.2, 0.25) is 0 Å². The van der Waals surface area contributed by atoms with Crippen molar-refractivity contribution in [3.63, 3.8) is 0 Å². The molecule has 2 aliphatic heterocycles. The van der Waals surface area contributed by atoms with Crippen LogP contribution < -0.4 is 9.47 Å². The largest absolute Gasteiger partial charge is 0.507 e. The highest BCUT2D eigenvalue weighted by Crippen LogP contribution is 2.40. The van der Waals surface area contributed by atoms with Crippen LogP contribution in [-0.4, -0.2) is 78.7 Å². The molecule has 0 aromatic heterocycles. The van der Waals surface area contributed by atoms with Gasteiger partial charge in [0.2, 0.25) is 0 Å². The number of aliphatic hydroxyl groups is 1. The van der Waals surface area contributed by atoms with Gasteiger partial charge in [-0.15, -0.1) is 0 Å². The SMILES string of the molecule is C=CCOc1ccc(C(O)=C2C(=O)C(=O)N(CCN3CCOCC3)[C@@H]2c2ccc(OC(C)C)cc2)cc1. The van der Waals surface area contributed by atoms with Crippen molar-refractivity contribution >= 4 is 17.4 Å². The Hall–Kier alpha value is -3.62. The molecule has 0 saturated carbocycles. The first-order valence-electron chi connectivity index (χ1n) is 12.6. The fourth-order valence-corrected chi connectivity index (χ4v) is 4.55. The maximum absolute atomic E-state index is 13.3. The summed E-state index contributed by atoms with van der Waals surface area (Å²) in [5, 5.41) is 11.3. The van der Waals surface area contributed by atoms with E-state index in [9.17, 15) is 14.7 Å². The lowest BCUT2D eigenvalue weighted by Gasteiger charge is -2.31. The molecule has 2 fully saturated rings. The number of benzene rings is 2. The molecule has 4 rings (SSSR count). The van der Waals surface area contributed by atoms with E-state index in [4.69, 9.17) is 14.2 Å². The zero-order chi connectivity index (χ0) is 26.4. The standard InChI is InChI=1S/C29H34N2O6/c1-4-17-36-23-9-7-22(8-10-23)27(32)25-26(21-5-11-24(12-6-21)37-20(2)3)31(29(34)28(25)33)14-13-30-15-18-35-19-16-30/h4-12,20,26,32H,1,13-19H2,2-3H3/t26-/m1/s1. The molecule has 37 heavy (non-hydrogen) atoms. The number of nitrogens with zero attached hydrogens (tertiary/aromatic N) is 2. The molecule has 2 aliphatic rings. The third kappa shape index (κ3) is 6.21. The van der Waals surface area contributed by atoms with Crippen LogP contribution in [-0.2, 0) is 14.3 Å². The fraction of sp³-hybridized carbons (Fsp3) is 0.379. The van der Waals surface area contributed by atoms with Gasteiger partial charge in [-0.2, -0.15) is 0 Å². The van der Waals surface area contributed by atoms with Crippen LogP contribution in [0.25, 0.3) is 5.76 Å². The monoisotopic (exact) mass is 506 g/mol. The molecule has 196 valence electrons. The summed E-state index contributed by atoms with van der Waals surface area (Å²) in [4.78, 5) is 30.3. The van der Waals surface area contributed by atoms with Crippen LogP contribution in [0, 0.1) is 0 Å². The van der Waals surface area contributed by atoms with Crippen LogP contribution in [0.4, 0.5) is 0 Å². The van der Waals surface area contributed by atoms with Crippen LogP contribution in [0.3, 0.4) is 0 Å². The minimum absolute atomic E-state index is 0.0171. The number of ketones is 1. The highest BCUT2D eigenvalue weighted by molar-refractivity contribution is 6.46. The summed E-state index contributed by atoms with van der Waals surface area (Å²) in [5.74, 6) is -0.221. The number of hydrogen-bond acceptors (Lipinski definition) is 7. The van der Waals surface area contributed by atoms with Gasteiger partial charge < -0.3 is 24.2 Å². The van der Waals surface area contributed by atoms with E-state index < -0.39 is 17.7 Å². The van der Waals surface area contributed by atoms with Gasteiger partial charge >= 0.3 is 0 Å². The van der Waals surface area contributed by atoms with E-state index in [-0.39, 0.29) is 17.4 Å². The van der Waals surface area contributed by atoms with Crippen LogP contribution in [0.15, 0.2) is 66.8 Å². The molecule has 2 saturated heterocycles. The minimum atomic E-state index is -0.717. The summed E-state index contributed by atoms with van der Waals surface area (Å²) in [5.41, 5.74) is 1.23. The van der Waals surface area contributed by atoms with E-state index in [1.165, 1.54) is 0 Å². The summed E-state index contributed by atoms with van der Waals surface area (Å²) in [7, 11) is 0. The number of morpholine rings is 1. The van der Waals surface area contributed by atoms with E-state index in [0.29, 0.717) is 50.0 Å². The molecule has 8 nitrogen and oxygen atoms in total. The molecule has 2 aromatic carbocycles. The maximum atomic E-state index is 13.3. The summed E-state index contributed by atoms with van der Waals surface area (Å²) in [6.45, 7) is 11.7. The number of likely N-dealkylation sites (tertiary alicyclic amines) is 1. The average molecular weight is 507 g/mol. The molecule has 0 aliphatic carbocycles. The Labute approximate surface area is 217 Å². The Morgan fingerprint density at radius 1 is 1.05 bits per heavy atom. The lowest BCUT2D eigenvalue weighted by Crippen LogP contribution is -2.42. The lowest BCUT2D eigenvalue weighted by molar-refractivity contribution is -0.140. The third-order valence-corrected chi connectivity index (χ3v) is 6.36. The minimum Gasteiger partial charge on any atom is -0.507 e. The van der Waals surface area contributed by atoms with Crippen LogP contribution in [0.1, 0.15) is 31.0 Å². The van der Waals surface area contributed by atoms with E-state index in [0.717, 1.165) is 18.7 Å². The second kappa shape index (κ2) is 12.1. The smallest absolute Gasteiger partial charge is 0.295 e. The van der Waals surface area contributed by atoms with Gasteiger partial charge in [0.25, 0.3) is 11.7 Å². The van der Waals surface area contributed by atoms with Crippen molar-refractivity contribution in [3.8, 4) is 11.5 Å². The van der Waals surface area contributed by atoms with Gasteiger partial charge in [0, 0.05) is 31.7 Å². The van der Waals surface area contributed by atoms with Crippen molar-refractivity contribution < 1.29 is 28.9 Å². The Kier molecular flexibility index (Phi) is 8.63. The molecule has 0 radical (unpaired) electrons. The van der Waals surface area contributed by atoms with Gasteiger partial charge in [0.05, 0.1) is 30.9 Å². The summed E-state index contributed by atoms with van der Waals surface area (Å²) < 4.78 is 16.7. The summed E-state index contributed by atoms with van der Waals surface area (Å²) in [6.07, 6.45) is 1.66.